The van der Waals surface area contributed by atoms with Crippen molar-refractivity contribution in [3.63, 3.8) is 0 Å². The fraction of sp³-hybridized carbons (Fsp3) is 0.250. The summed E-state index contributed by atoms with van der Waals surface area (Å²) in [7, 11) is 5.18. The van der Waals surface area contributed by atoms with E-state index in [-0.39, 0.29) is 12.1 Å². The highest BCUT2D eigenvalue weighted by Crippen LogP contribution is 2.02. The summed E-state index contributed by atoms with van der Waals surface area (Å²) in [4.78, 5) is 15.0. The third-order valence-electron chi connectivity index (χ3n) is 1.40. The molecule has 2 radical (unpaired) electrons. The van der Waals surface area contributed by atoms with Gasteiger partial charge in [0.25, 0.3) is 0 Å². The first-order chi connectivity index (χ1) is 5.24. The van der Waals surface area contributed by atoms with Crippen LogP contribution in [0, 0.1) is 6.92 Å². The van der Waals surface area contributed by atoms with E-state index in [2.05, 4.69) is 4.98 Å². The average molecular weight is 145 g/mol. The molecule has 0 bridgehead atoms. The van der Waals surface area contributed by atoms with Gasteiger partial charge in [0, 0.05) is 17.5 Å². The summed E-state index contributed by atoms with van der Waals surface area (Å²) in [5, 5.41) is 0. The SMILES string of the molecule is [B]CC(=O)c1ccnc(C)c1. The van der Waals surface area contributed by atoms with Crippen molar-refractivity contribution in [2.45, 2.75) is 13.2 Å². The quantitative estimate of drug-likeness (QED) is 0.461. The van der Waals surface area contributed by atoms with E-state index >= 15 is 0 Å². The van der Waals surface area contributed by atoms with Crippen LogP contribution in [0.1, 0.15) is 16.1 Å². The molecule has 1 heterocycles. The molecular weight excluding hydrogens is 137 g/mol. The molecule has 0 spiro atoms. The number of aromatic nitrogens is 1. The van der Waals surface area contributed by atoms with Crippen LogP contribution < -0.4 is 0 Å². The van der Waals surface area contributed by atoms with Gasteiger partial charge in [0.05, 0.1) is 7.85 Å². The zero-order valence-electron chi connectivity index (χ0n) is 6.37. The molecular formula is C8H8BNO. The molecule has 0 aliphatic heterocycles. The van der Waals surface area contributed by atoms with Crippen LogP contribution >= 0.6 is 0 Å². The molecule has 0 aromatic carbocycles. The number of pyridine rings is 1. The maximum Gasteiger partial charge on any atom is 0.154 e. The summed E-state index contributed by atoms with van der Waals surface area (Å²) in [5.41, 5.74) is 1.48. The Morgan fingerprint density at radius 2 is 2.45 bits per heavy atom. The molecule has 0 N–H and O–H groups in total. The second-order valence-electron chi connectivity index (χ2n) is 2.31. The highest BCUT2D eigenvalue weighted by atomic mass is 16.1. The maximum absolute atomic E-state index is 11.0. The van der Waals surface area contributed by atoms with E-state index in [1.54, 1.807) is 18.3 Å². The third-order valence-corrected chi connectivity index (χ3v) is 1.40. The Balaban J connectivity index is 2.96. The van der Waals surface area contributed by atoms with Crippen LogP contribution in [0.3, 0.4) is 0 Å². The van der Waals surface area contributed by atoms with Crippen LogP contribution in [0.5, 0.6) is 0 Å². The van der Waals surface area contributed by atoms with Crippen LogP contribution in [0.25, 0.3) is 0 Å². The van der Waals surface area contributed by atoms with Gasteiger partial charge in [0.1, 0.15) is 0 Å². The topological polar surface area (TPSA) is 30.0 Å². The molecule has 0 aliphatic rings. The fourth-order valence-corrected chi connectivity index (χ4v) is 0.837. The summed E-state index contributed by atoms with van der Waals surface area (Å²) in [6, 6.07) is 3.40. The Morgan fingerprint density at radius 3 is 3.00 bits per heavy atom. The van der Waals surface area contributed by atoms with Crippen molar-refractivity contribution in [3.8, 4) is 0 Å². The Bertz CT molecular complexity index is 273. The van der Waals surface area contributed by atoms with Crippen LogP contribution in [-0.4, -0.2) is 18.6 Å². The van der Waals surface area contributed by atoms with E-state index in [4.69, 9.17) is 7.85 Å². The number of rotatable bonds is 2. The Morgan fingerprint density at radius 1 is 1.73 bits per heavy atom. The monoisotopic (exact) mass is 145 g/mol. The second kappa shape index (κ2) is 3.33. The lowest BCUT2D eigenvalue weighted by atomic mass is 9.96. The van der Waals surface area contributed by atoms with E-state index in [0.29, 0.717) is 5.56 Å². The fourth-order valence-electron chi connectivity index (χ4n) is 0.837. The number of Topliss-reactive ketones (excluding diaryl/α,β-unsaturated/α-hetero) is 1. The predicted molar refractivity (Wildman–Crippen MR) is 43.9 cm³/mol. The van der Waals surface area contributed by atoms with Gasteiger partial charge in [0.15, 0.2) is 5.78 Å². The van der Waals surface area contributed by atoms with Crippen molar-refractivity contribution < 1.29 is 4.79 Å². The van der Waals surface area contributed by atoms with Crippen LogP contribution in [-0.2, 0) is 0 Å². The summed E-state index contributed by atoms with van der Waals surface area (Å²) >= 11 is 0. The van der Waals surface area contributed by atoms with Gasteiger partial charge in [0.2, 0.25) is 0 Å². The molecule has 1 rings (SSSR count). The molecule has 1 aromatic heterocycles. The number of ketones is 1. The predicted octanol–water partition coefficient (Wildman–Crippen LogP) is 1.16. The standard InChI is InChI=1S/C8H8BNO/c1-6-4-7(2-3-10-6)8(11)5-9/h2-4H,5H2,1H3. The number of hydrogen-bond acceptors (Lipinski definition) is 2. The van der Waals surface area contributed by atoms with Crippen molar-refractivity contribution >= 4 is 13.6 Å². The number of aryl methyl sites for hydroxylation is 1. The van der Waals surface area contributed by atoms with Gasteiger partial charge in [-0.15, -0.1) is 0 Å². The lowest BCUT2D eigenvalue weighted by Crippen LogP contribution is -1.98. The van der Waals surface area contributed by atoms with Gasteiger partial charge in [-0.2, -0.15) is 0 Å². The Hall–Kier alpha value is -1.12. The van der Waals surface area contributed by atoms with Crippen molar-refractivity contribution in [1.82, 2.24) is 4.98 Å². The van der Waals surface area contributed by atoms with E-state index in [9.17, 15) is 4.79 Å². The van der Waals surface area contributed by atoms with E-state index < -0.39 is 0 Å². The van der Waals surface area contributed by atoms with Gasteiger partial charge in [-0.05, 0) is 25.4 Å². The largest absolute Gasteiger partial charge is 0.295 e. The molecule has 0 saturated heterocycles. The highest BCUT2D eigenvalue weighted by Gasteiger charge is 2.01. The van der Waals surface area contributed by atoms with Gasteiger partial charge in [-0.25, -0.2) is 0 Å². The van der Waals surface area contributed by atoms with Crippen LogP contribution in [0.15, 0.2) is 18.3 Å². The first-order valence-electron chi connectivity index (χ1n) is 3.40. The molecule has 0 fully saturated rings. The van der Waals surface area contributed by atoms with E-state index in [1.807, 2.05) is 6.92 Å². The lowest BCUT2D eigenvalue weighted by Gasteiger charge is -1.97. The molecule has 0 aliphatic carbocycles. The number of nitrogens with zero attached hydrogens (tertiary/aromatic N) is 1. The summed E-state index contributed by atoms with van der Waals surface area (Å²) in [5.74, 6) is -0.0458. The Labute approximate surface area is 67.1 Å². The molecule has 0 amide bonds. The molecule has 2 nitrogen and oxygen atoms in total. The Kier molecular flexibility index (Phi) is 2.42. The normalized spacial score (nSPS) is 9.55. The van der Waals surface area contributed by atoms with Gasteiger partial charge >= 0.3 is 0 Å². The molecule has 1 aromatic rings. The van der Waals surface area contributed by atoms with Gasteiger partial charge in [-0.1, -0.05) is 0 Å². The smallest absolute Gasteiger partial charge is 0.154 e. The molecule has 0 unspecified atom stereocenters. The van der Waals surface area contributed by atoms with E-state index in [0.717, 1.165) is 5.69 Å². The summed E-state index contributed by atoms with van der Waals surface area (Å²) in [6.07, 6.45) is 1.67. The van der Waals surface area contributed by atoms with Crippen LogP contribution in [0.4, 0.5) is 0 Å². The molecule has 0 saturated carbocycles. The maximum atomic E-state index is 11.0. The minimum atomic E-state index is -0.0458. The lowest BCUT2D eigenvalue weighted by molar-refractivity contribution is 0.101. The zero-order chi connectivity index (χ0) is 8.27. The molecule has 54 valence electrons. The second-order valence-corrected chi connectivity index (χ2v) is 2.31. The zero-order valence-corrected chi connectivity index (χ0v) is 6.37. The summed E-state index contributed by atoms with van der Waals surface area (Å²) < 4.78 is 0. The minimum absolute atomic E-state index is 0.0458. The molecule has 11 heavy (non-hydrogen) atoms. The van der Waals surface area contributed by atoms with E-state index in [1.165, 1.54) is 0 Å². The first kappa shape index (κ1) is 7.99. The van der Waals surface area contributed by atoms with Crippen molar-refractivity contribution in [2.75, 3.05) is 0 Å². The first-order valence-corrected chi connectivity index (χ1v) is 3.40. The van der Waals surface area contributed by atoms with Gasteiger partial charge in [-0.3, -0.25) is 9.78 Å². The van der Waals surface area contributed by atoms with Gasteiger partial charge < -0.3 is 0 Å². The molecule has 3 heteroatoms. The molecule has 0 atom stereocenters. The summed E-state index contributed by atoms with van der Waals surface area (Å²) in [6.45, 7) is 1.84. The minimum Gasteiger partial charge on any atom is -0.295 e. The number of carbonyl (C=O) groups excluding carboxylic acids is 1. The average Bonchev–Trinajstić information content (AvgIpc) is 2.03. The highest BCUT2D eigenvalue weighted by molar-refractivity contribution is 6.23. The number of hydrogen-bond donors (Lipinski definition) is 0. The van der Waals surface area contributed by atoms with Crippen LogP contribution in [0.2, 0.25) is 6.32 Å². The number of carbonyl (C=O) groups is 1. The van der Waals surface area contributed by atoms with Crippen molar-refractivity contribution in [1.29, 1.82) is 0 Å². The van der Waals surface area contributed by atoms with Crippen molar-refractivity contribution in [2.24, 2.45) is 0 Å². The van der Waals surface area contributed by atoms with Crippen molar-refractivity contribution in [3.05, 3.63) is 29.6 Å². The third kappa shape index (κ3) is 1.90.